The highest BCUT2D eigenvalue weighted by atomic mass is 19.4. The van der Waals surface area contributed by atoms with E-state index in [2.05, 4.69) is 5.32 Å². The van der Waals surface area contributed by atoms with Crippen LogP contribution in [-0.4, -0.2) is 12.5 Å². The van der Waals surface area contributed by atoms with Gasteiger partial charge in [-0.3, -0.25) is 4.79 Å². The van der Waals surface area contributed by atoms with Crippen molar-refractivity contribution in [3.8, 4) is 11.8 Å². The van der Waals surface area contributed by atoms with Crippen molar-refractivity contribution in [2.24, 2.45) is 0 Å². The summed E-state index contributed by atoms with van der Waals surface area (Å²) in [7, 11) is 0. The van der Waals surface area contributed by atoms with E-state index in [1.165, 1.54) is 0 Å². The Kier molecular flexibility index (Phi) is 8.75. The summed E-state index contributed by atoms with van der Waals surface area (Å²) >= 11 is 0. The maximum absolute atomic E-state index is 14.8. The van der Waals surface area contributed by atoms with E-state index in [0.717, 1.165) is 42.5 Å². The normalized spacial score (nSPS) is 13.1. The molecule has 4 nitrogen and oxygen atoms in total. The van der Waals surface area contributed by atoms with Crippen molar-refractivity contribution in [3.05, 3.63) is 136 Å². The molecular weight excluding hydrogens is 584 g/mol. The zero-order valence-corrected chi connectivity index (χ0v) is 21.9. The molecule has 0 saturated heterocycles. The maximum atomic E-state index is 14.8. The smallest absolute Gasteiger partial charge is 0.416 e. The maximum Gasteiger partial charge on any atom is 0.416 e. The van der Waals surface area contributed by atoms with Crippen molar-refractivity contribution in [1.29, 1.82) is 5.26 Å². The molecule has 4 rings (SSSR count). The molecule has 4 aromatic carbocycles. The number of benzene rings is 4. The molecule has 0 radical (unpaired) electrons. The molecule has 4 aromatic rings. The minimum Gasteiger partial charge on any atom is -0.476 e. The number of carbonyl (C=O) groups excluding carboxylic acids is 1. The quantitative estimate of drug-likeness (QED) is 0.209. The van der Waals surface area contributed by atoms with E-state index < -0.39 is 70.0 Å². The Morgan fingerprint density at radius 3 is 2.07 bits per heavy atom. The zero-order chi connectivity index (χ0) is 31.4. The SMILES string of the molecule is N#CCOc1cc(C(Cc2ccccc2)(NC(=O)c2cccc(C(F)(F)F)c2)c2cc(F)cc(C(F)(F)F)c2)ccc1F. The van der Waals surface area contributed by atoms with Gasteiger partial charge < -0.3 is 10.1 Å². The number of amides is 1. The van der Waals surface area contributed by atoms with Gasteiger partial charge in [0.25, 0.3) is 5.91 Å². The molecule has 0 spiro atoms. The molecule has 1 amide bonds. The fourth-order valence-electron chi connectivity index (χ4n) is 4.55. The van der Waals surface area contributed by atoms with E-state index in [1.807, 2.05) is 0 Å². The number of halogens is 8. The van der Waals surface area contributed by atoms with Crippen molar-refractivity contribution in [3.63, 3.8) is 0 Å². The minimum atomic E-state index is -5.02. The molecule has 43 heavy (non-hydrogen) atoms. The Morgan fingerprint density at radius 1 is 0.744 bits per heavy atom. The third kappa shape index (κ3) is 7.12. The molecule has 222 valence electrons. The first-order valence-corrected chi connectivity index (χ1v) is 12.4. The number of nitrogens with one attached hydrogen (secondary N) is 1. The van der Waals surface area contributed by atoms with Gasteiger partial charge in [0.2, 0.25) is 0 Å². The molecule has 0 aliphatic carbocycles. The predicted octanol–water partition coefficient (Wildman–Crippen LogP) is 7.82. The Labute approximate surface area is 240 Å². The van der Waals surface area contributed by atoms with Crippen LogP contribution in [0.15, 0.2) is 91.0 Å². The lowest BCUT2D eigenvalue weighted by atomic mass is 9.77. The molecule has 0 aliphatic rings. The average Bonchev–Trinajstić information content (AvgIpc) is 2.95. The molecule has 0 fully saturated rings. The third-order valence-electron chi connectivity index (χ3n) is 6.53. The van der Waals surface area contributed by atoms with Crippen LogP contribution in [0.1, 0.15) is 38.2 Å². The molecule has 1 unspecified atom stereocenters. The minimum absolute atomic E-state index is 0.107. The van der Waals surface area contributed by atoms with Crippen LogP contribution >= 0.6 is 0 Å². The van der Waals surface area contributed by atoms with Gasteiger partial charge in [0.05, 0.1) is 16.7 Å². The first kappa shape index (κ1) is 31.0. The van der Waals surface area contributed by atoms with Crippen molar-refractivity contribution in [1.82, 2.24) is 5.32 Å². The second-order valence-corrected chi connectivity index (χ2v) is 9.42. The van der Waals surface area contributed by atoms with Crippen LogP contribution in [0.25, 0.3) is 0 Å². The lowest BCUT2D eigenvalue weighted by Gasteiger charge is -2.37. The summed E-state index contributed by atoms with van der Waals surface area (Å²) in [6.45, 7) is -0.610. The van der Waals surface area contributed by atoms with E-state index in [9.17, 15) is 39.9 Å². The highest BCUT2D eigenvalue weighted by molar-refractivity contribution is 5.95. The number of nitriles is 1. The summed E-state index contributed by atoms with van der Waals surface area (Å²) in [6.07, 6.45) is -10.2. The van der Waals surface area contributed by atoms with Crippen molar-refractivity contribution in [2.45, 2.75) is 24.3 Å². The third-order valence-corrected chi connectivity index (χ3v) is 6.53. The lowest BCUT2D eigenvalue weighted by molar-refractivity contribution is -0.138. The number of rotatable bonds is 8. The second-order valence-electron chi connectivity index (χ2n) is 9.42. The van der Waals surface area contributed by atoms with Crippen LogP contribution in [0.4, 0.5) is 35.1 Å². The first-order valence-electron chi connectivity index (χ1n) is 12.4. The largest absolute Gasteiger partial charge is 0.476 e. The molecule has 0 bridgehead atoms. The van der Waals surface area contributed by atoms with Gasteiger partial charge in [-0.2, -0.15) is 31.6 Å². The van der Waals surface area contributed by atoms with Gasteiger partial charge in [0, 0.05) is 12.0 Å². The zero-order valence-electron chi connectivity index (χ0n) is 21.9. The summed E-state index contributed by atoms with van der Waals surface area (Å²) in [5.74, 6) is -3.92. The van der Waals surface area contributed by atoms with Crippen molar-refractivity contribution in [2.75, 3.05) is 6.61 Å². The topological polar surface area (TPSA) is 62.1 Å². The highest BCUT2D eigenvalue weighted by Gasteiger charge is 2.41. The fraction of sp³-hybridized carbons (Fsp3) is 0.161. The summed E-state index contributed by atoms with van der Waals surface area (Å²) in [5.41, 5.74) is -5.33. The Morgan fingerprint density at radius 2 is 1.42 bits per heavy atom. The van der Waals surface area contributed by atoms with Crippen LogP contribution in [0.3, 0.4) is 0 Å². The van der Waals surface area contributed by atoms with Crippen LogP contribution in [0, 0.1) is 23.0 Å². The van der Waals surface area contributed by atoms with Gasteiger partial charge in [0.1, 0.15) is 11.9 Å². The van der Waals surface area contributed by atoms with Gasteiger partial charge in [-0.1, -0.05) is 42.5 Å². The fourth-order valence-corrected chi connectivity index (χ4v) is 4.55. The highest BCUT2D eigenvalue weighted by Crippen LogP contribution is 2.40. The van der Waals surface area contributed by atoms with Crippen molar-refractivity contribution < 1.29 is 44.7 Å². The number of ether oxygens (including phenoxy) is 1. The number of hydrogen-bond donors (Lipinski definition) is 1. The number of alkyl halides is 6. The number of hydrogen-bond acceptors (Lipinski definition) is 3. The molecule has 0 heterocycles. The van der Waals surface area contributed by atoms with E-state index in [1.54, 1.807) is 36.4 Å². The Bertz CT molecular complexity index is 1660. The summed E-state index contributed by atoms with van der Waals surface area (Å²) in [4.78, 5) is 13.6. The van der Waals surface area contributed by atoms with E-state index in [4.69, 9.17) is 10.00 Å². The van der Waals surface area contributed by atoms with Gasteiger partial charge in [0.15, 0.2) is 18.2 Å². The molecule has 0 aliphatic heterocycles. The van der Waals surface area contributed by atoms with Gasteiger partial charge in [-0.15, -0.1) is 0 Å². The molecule has 12 heteroatoms. The molecule has 0 saturated carbocycles. The summed E-state index contributed by atoms with van der Waals surface area (Å²) < 4.78 is 116. The van der Waals surface area contributed by atoms with Gasteiger partial charge in [-0.25, -0.2) is 8.78 Å². The molecular formula is C31H20F8N2O2. The lowest BCUT2D eigenvalue weighted by Crippen LogP contribution is -2.49. The van der Waals surface area contributed by atoms with Crippen molar-refractivity contribution >= 4 is 5.91 Å². The van der Waals surface area contributed by atoms with Crippen LogP contribution in [0.5, 0.6) is 5.75 Å². The molecule has 1 N–H and O–H groups in total. The van der Waals surface area contributed by atoms with Crippen LogP contribution in [-0.2, 0) is 24.3 Å². The van der Waals surface area contributed by atoms with Gasteiger partial charge >= 0.3 is 12.4 Å². The molecule has 0 aromatic heterocycles. The van der Waals surface area contributed by atoms with Crippen LogP contribution < -0.4 is 10.1 Å². The van der Waals surface area contributed by atoms with E-state index in [0.29, 0.717) is 17.7 Å². The summed E-state index contributed by atoms with van der Waals surface area (Å²) in [6, 6.07) is 17.5. The Balaban J connectivity index is 2.02. The monoisotopic (exact) mass is 604 g/mol. The summed E-state index contributed by atoms with van der Waals surface area (Å²) in [5, 5.41) is 11.4. The second kappa shape index (κ2) is 12.1. The predicted molar refractivity (Wildman–Crippen MR) is 139 cm³/mol. The molecule has 1 atom stereocenters. The van der Waals surface area contributed by atoms with Crippen LogP contribution in [0.2, 0.25) is 0 Å². The first-order chi connectivity index (χ1) is 20.2. The van der Waals surface area contributed by atoms with Gasteiger partial charge in [-0.05, 0) is 65.2 Å². The standard InChI is InChI=1S/C31H20F8N2O2/c32-25-15-23(14-24(16-25)31(37,38)39)29(18-19-5-2-1-3-6-19,21-9-10-26(33)27(17-21)43-12-11-40)41-28(42)20-7-4-8-22(13-20)30(34,35)36/h1-10,13-17H,12,18H2,(H,41,42). The Hall–Kier alpha value is -4.92. The average molecular weight is 604 g/mol. The number of carbonyl (C=O) groups is 1. The van der Waals surface area contributed by atoms with E-state index in [-0.39, 0.29) is 18.1 Å². The van der Waals surface area contributed by atoms with E-state index >= 15 is 0 Å². The number of nitrogens with zero attached hydrogens (tertiary/aromatic N) is 1.